The topological polar surface area (TPSA) is 46.2 Å². The van der Waals surface area contributed by atoms with Crippen molar-refractivity contribution in [3.8, 4) is 0 Å². The van der Waals surface area contributed by atoms with Crippen LogP contribution < -0.4 is 4.72 Å². The summed E-state index contributed by atoms with van der Waals surface area (Å²) < 4.78 is 25.8. The van der Waals surface area contributed by atoms with Crippen molar-refractivity contribution in [1.29, 1.82) is 0 Å². The van der Waals surface area contributed by atoms with Crippen LogP contribution in [0.2, 0.25) is 0 Å². The van der Waals surface area contributed by atoms with Gasteiger partial charge in [-0.15, -0.1) is 11.6 Å². The molecule has 0 fully saturated rings. The smallest absolute Gasteiger partial charge is 0.210 e. The summed E-state index contributed by atoms with van der Waals surface area (Å²) in [7, 11) is -3.40. The summed E-state index contributed by atoms with van der Waals surface area (Å²) in [5.41, 5.74) is 0. The first kappa shape index (κ1) is 12.5. The molecule has 15 heavy (non-hydrogen) atoms. The average Bonchev–Trinajstić information content (AvgIpc) is 2.27. The average molecular weight is 248 g/mol. The molecule has 1 rings (SSSR count). The molecule has 0 heterocycles. The molecule has 3 nitrogen and oxygen atoms in total. The maximum atomic E-state index is 11.7. The van der Waals surface area contributed by atoms with Gasteiger partial charge in [0.1, 0.15) is 0 Å². The molecule has 0 aliphatic heterocycles. The Balaban J connectivity index is 2.69. The quantitative estimate of drug-likeness (QED) is 0.809. The standard InChI is InChI=1S/C10H14ClNO2S/c1-2-9(11)8-12-15(13,14)10-6-4-3-5-7-10/h3-7,9,12H,2,8H2,1H3. The van der Waals surface area contributed by atoms with Gasteiger partial charge in [-0.1, -0.05) is 25.1 Å². The van der Waals surface area contributed by atoms with Crippen LogP contribution in [0.5, 0.6) is 0 Å². The van der Waals surface area contributed by atoms with Crippen LogP contribution in [0.25, 0.3) is 0 Å². The molecule has 0 bridgehead atoms. The lowest BCUT2D eigenvalue weighted by Crippen LogP contribution is -2.29. The van der Waals surface area contributed by atoms with Crippen molar-refractivity contribution in [3.63, 3.8) is 0 Å². The van der Waals surface area contributed by atoms with Gasteiger partial charge in [0.25, 0.3) is 0 Å². The minimum absolute atomic E-state index is 0.163. The summed E-state index contributed by atoms with van der Waals surface area (Å²) in [6.07, 6.45) is 0.735. The Hall–Kier alpha value is -0.580. The Labute approximate surface area is 95.5 Å². The monoisotopic (exact) mass is 247 g/mol. The molecule has 0 aromatic heterocycles. The highest BCUT2D eigenvalue weighted by molar-refractivity contribution is 7.89. The lowest BCUT2D eigenvalue weighted by molar-refractivity contribution is 0.579. The predicted octanol–water partition coefficient (Wildman–Crippen LogP) is 1.98. The van der Waals surface area contributed by atoms with Crippen LogP contribution >= 0.6 is 11.6 Å². The number of halogens is 1. The molecule has 1 aromatic carbocycles. The minimum atomic E-state index is -3.40. The van der Waals surface area contributed by atoms with E-state index in [0.717, 1.165) is 6.42 Å². The zero-order valence-corrected chi connectivity index (χ0v) is 10.1. The molecule has 0 saturated carbocycles. The number of nitrogens with one attached hydrogen (secondary N) is 1. The molecule has 0 saturated heterocycles. The second-order valence-electron chi connectivity index (χ2n) is 3.17. The highest BCUT2D eigenvalue weighted by Gasteiger charge is 2.14. The molecule has 1 atom stereocenters. The van der Waals surface area contributed by atoms with E-state index in [-0.39, 0.29) is 16.8 Å². The first-order valence-electron chi connectivity index (χ1n) is 4.75. The highest BCUT2D eigenvalue weighted by atomic mass is 35.5. The fourth-order valence-corrected chi connectivity index (χ4v) is 2.30. The second-order valence-corrected chi connectivity index (χ2v) is 5.55. The van der Waals surface area contributed by atoms with Gasteiger partial charge in [-0.05, 0) is 18.6 Å². The van der Waals surface area contributed by atoms with E-state index in [1.165, 1.54) is 0 Å². The molecule has 0 amide bonds. The van der Waals surface area contributed by atoms with Crippen molar-refractivity contribution in [2.45, 2.75) is 23.6 Å². The van der Waals surface area contributed by atoms with Crippen LogP contribution in [0, 0.1) is 0 Å². The van der Waals surface area contributed by atoms with E-state index < -0.39 is 10.0 Å². The Morgan fingerprint density at radius 1 is 1.33 bits per heavy atom. The fraction of sp³-hybridized carbons (Fsp3) is 0.400. The number of sulfonamides is 1. The Morgan fingerprint density at radius 3 is 2.47 bits per heavy atom. The van der Waals surface area contributed by atoms with Crippen LogP contribution in [0.15, 0.2) is 35.2 Å². The fourth-order valence-electron chi connectivity index (χ4n) is 1.03. The highest BCUT2D eigenvalue weighted by Crippen LogP contribution is 2.08. The summed E-state index contributed by atoms with van der Waals surface area (Å²) >= 11 is 5.83. The van der Waals surface area contributed by atoms with Gasteiger partial charge in [-0.25, -0.2) is 13.1 Å². The maximum absolute atomic E-state index is 11.7. The number of hydrogen-bond donors (Lipinski definition) is 1. The summed E-state index contributed by atoms with van der Waals surface area (Å²) in [5.74, 6) is 0. The molecule has 84 valence electrons. The van der Waals surface area contributed by atoms with E-state index in [9.17, 15) is 8.42 Å². The summed E-state index contributed by atoms with van der Waals surface area (Å²) in [6.45, 7) is 2.17. The number of rotatable bonds is 5. The maximum Gasteiger partial charge on any atom is 0.240 e. The Morgan fingerprint density at radius 2 is 1.93 bits per heavy atom. The Kier molecular flexibility index (Phi) is 4.57. The molecule has 5 heteroatoms. The molecule has 0 radical (unpaired) electrons. The summed E-state index contributed by atoms with van der Waals surface area (Å²) in [5, 5.41) is -0.163. The molecular formula is C10H14ClNO2S. The van der Waals surface area contributed by atoms with Gasteiger partial charge in [0.15, 0.2) is 0 Å². The zero-order valence-electron chi connectivity index (χ0n) is 8.48. The molecule has 1 aromatic rings. The molecule has 0 aliphatic rings. The largest absolute Gasteiger partial charge is 0.240 e. The molecule has 0 spiro atoms. The van der Waals surface area contributed by atoms with Crippen LogP contribution in [0.3, 0.4) is 0 Å². The van der Waals surface area contributed by atoms with E-state index in [4.69, 9.17) is 11.6 Å². The minimum Gasteiger partial charge on any atom is -0.210 e. The lowest BCUT2D eigenvalue weighted by Gasteiger charge is -2.09. The van der Waals surface area contributed by atoms with Gasteiger partial charge in [-0.2, -0.15) is 0 Å². The number of alkyl halides is 1. The van der Waals surface area contributed by atoms with Gasteiger partial charge < -0.3 is 0 Å². The van der Waals surface area contributed by atoms with Crippen molar-refractivity contribution < 1.29 is 8.42 Å². The van der Waals surface area contributed by atoms with Crippen molar-refractivity contribution in [2.75, 3.05) is 6.54 Å². The van der Waals surface area contributed by atoms with Gasteiger partial charge in [0.05, 0.1) is 4.90 Å². The third kappa shape index (κ3) is 3.81. The van der Waals surface area contributed by atoms with Crippen molar-refractivity contribution >= 4 is 21.6 Å². The predicted molar refractivity (Wildman–Crippen MR) is 61.6 cm³/mol. The van der Waals surface area contributed by atoms with Gasteiger partial charge in [0, 0.05) is 11.9 Å². The van der Waals surface area contributed by atoms with E-state index >= 15 is 0 Å². The third-order valence-electron chi connectivity index (χ3n) is 1.99. The van der Waals surface area contributed by atoms with E-state index in [2.05, 4.69) is 4.72 Å². The molecule has 1 N–H and O–H groups in total. The van der Waals surface area contributed by atoms with Crippen LogP contribution in [-0.4, -0.2) is 20.3 Å². The van der Waals surface area contributed by atoms with Gasteiger partial charge >= 0.3 is 0 Å². The number of benzene rings is 1. The molecular weight excluding hydrogens is 234 g/mol. The number of hydrogen-bond acceptors (Lipinski definition) is 2. The Bertz CT molecular complexity index is 391. The van der Waals surface area contributed by atoms with Crippen LogP contribution in [-0.2, 0) is 10.0 Å². The van der Waals surface area contributed by atoms with Crippen LogP contribution in [0.1, 0.15) is 13.3 Å². The van der Waals surface area contributed by atoms with E-state index in [1.807, 2.05) is 6.92 Å². The first-order valence-corrected chi connectivity index (χ1v) is 6.67. The summed E-state index contributed by atoms with van der Waals surface area (Å²) in [4.78, 5) is 0.268. The molecule has 0 aliphatic carbocycles. The first-order chi connectivity index (χ1) is 7.06. The second kappa shape index (κ2) is 5.49. The van der Waals surface area contributed by atoms with Crippen molar-refractivity contribution in [3.05, 3.63) is 30.3 Å². The van der Waals surface area contributed by atoms with Gasteiger partial charge in [-0.3, -0.25) is 0 Å². The normalized spacial score (nSPS) is 13.7. The van der Waals surface area contributed by atoms with E-state index in [1.54, 1.807) is 30.3 Å². The zero-order chi connectivity index (χ0) is 11.3. The van der Waals surface area contributed by atoms with E-state index in [0.29, 0.717) is 0 Å². The van der Waals surface area contributed by atoms with Crippen LogP contribution in [0.4, 0.5) is 0 Å². The van der Waals surface area contributed by atoms with Crippen molar-refractivity contribution in [1.82, 2.24) is 4.72 Å². The van der Waals surface area contributed by atoms with Crippen molar-refractivity contribution in [2.24, 2.45) is 0 Å². The molecule has 1 unspecified atom stereocenters. The summed E-state index contributed by atoms with van der Waals surface area (Å²) in [6, 6.07) is 8.25. The third-order valence-corrected chi connectivity index (χ3v) is 3.89. The SMILES string of the molecule is CCC(Cl)CNS(=O)(=O)c1ccccc1. The van der Waals surface area contributed by atoms with Gasteiger partial charge in [0.2, 0.25) is 10.0 Å². The lowest BCUT2D eigenvalue weighted by atomic mass is 10.3.